The van der Waals surface area contributed by atoms with Crippen molar-refractivity contribution in [2.45, 2.75) is 39.7 Å². The van der Waals surface area contributed by atoms with Crippen molar-refractivity contribution in [3.05, 3.63) is 53.4 Å². The van der Waals surface area contributed by atoms with Crippen molar-refractivity contribution < 1.29 is 4.79 Å². The third-order valence-electron chi connectivity index (χ3n) is 4.60. The first-order valence-electron chi connectivity index (χ1n) is 8.79. The van der Waals surface area contributed by atoms with E-state index in [-0.39, 0.29) is 5.78 Å². The first-order chi connectivity index (χ1) is 11.7. The zero-order valence-electron chi connectivity index (χ0n) is 14.5. The smallest absolute Gasteiger partial charge is 0.185 e. The van der Waals surface area contributed by atoms with Gasteiger partial charge in [0.15, 0.2) is 5.78 Å². The molecule has 4 nitrogen and oxygen atoms in total. The number of hydrogen-bond acceptors (Lipinski definition) is 3. The molecule has 0 amide bonds. The molecule has 1 aromatic carbocycles. The highest BCUT2D eigenvalue weighted by atomic mass is 16.1. The molecule has 3 rings (SSSR count). The molecule has 1 fully saturated rings. The quantitative estimate of drug-likeness (QED) is 0.614. The number of hydrogen-bond donors (Lipinski definition) is 0. The van der Waals surface area contributed by atoms with E-state index in [1.165, 1.54) is 24.9 Å². The molecule has 0 radical (unpaired) electrons. The van der Waals surface area contributed by atoms with Crippen LogP contribution in [0.5, 0.6) is 0 Å². The highest BCUT2D eigenvalue weighted by Gasteiger charge is 2.11. The predicted molar refractivity (Wildman–Crippen MR) is 98.5 cm³/mol. The number of piperidine rings is 1. The fourth-order valence-corrected chi connectivity index (χ4v) is 3.11. The van der Waals surface area contributed by atoms with E-state index in [1.807, 2.05) is 36.0 Å². The van der Waals surface area contributed by atoms with Crippen molar-refractivity contribution in [2.75, 3.05) is 18.0 Å². The fraction of sp³-hybridized carbons (Fsp3) is 0.400. The first kappa shape index (κ1) is 16.5. The van der Waals surface area contributed by atoms with Gasteiger partial charge in [0, 0.05) is 42.6 Å². The Morgan fingerprint density at radius 1 is 1.17 bits per heavy atom. The van der Waals surface area contributed by atoms with Crippen LogP contribution < -0.4 is 4.90 Å². The van der Waals surface area contributed by atoms with Crippen molar-refractivity contribution >= 4 is 17.5 Å². The molecule has 126 valence electrons. The van der Waals surface area contributed by atoms with Crippen molar-refractivity contribution in [3.63, 3.8) is 0 Å². The van der Waals surface area contributed by atoms with E-state index < -0.39 is 0 Å². The van der Waals surface area contributed by atoms with Gasteiger partial charge in [0.2, 0.25) is 0 Å². The maximum atomic E-state index is 12.4. The molecule has 0 unspecified atom stereocenters. The monoisotopic (exact) mass is 323 g/mol. The number of carbonyl (C=O) groups is 1. The zero-order valence-corrected chi connectivity index (χ0v) is 14.5. The Balaban J connectivity index is 1.68. The lowest BCUT2D eigenvalue weighted by atomic mass is 10.1. The second-order valence-corrected chi connectivity index (χ2v) is 6.32. The highest BCUT2D eigenvalue weighted by molar-refractivity contribution is 6.07. The van der Waals surface area contributed by atoms with E-state index >= 15 is 0 Å². The third kappa shape index (κ3) is 3.75. The van der Waals surface area contributed by atoms with Gasteiger partial charge in [0.1, 0.15) is 0 Å². The number of ketones is 1. The van der Waals surface area contributed by atoms with Gasteiger partial charge in [-0.15, -0.1) is 0 Å². The van der Waals surface area contributed by atoms with Crippen LogP contribution >= 0.6 is 0 Å². The number of nitrogens with zero attached hydrogens (tertiary/aromatic N) is 3. The van der Waals surface area contributed by atoms with Crippen molar-refractivity contribution in [1.29, 1.82) is 0 Å². The number of benzene rings is 1. The van der Waals surface area contributed by atoms with Crippen molar-refractivity contribution in [1.82, 2.24) is 9.78 Å². The largest absolute Gasteiger partial charge is 0.372 e. The van der Waals surface area contributed by atoms with Crippen LogP contribution in [0, 0.1) is 6.92 Å². The van der Waals surface area contributed by atoms with E-state index in [0.717, 1.165) is 36.5 Å². The molecule has 4 heteroatoms. The molecule has 1 saturated heterocycles. The minimum atomic E-state index is 0.0313. The Morgan fingerprint density at radius 3 is 2.50 bits per heavy atom. The number of anilines is 1. The van der Waals surface area contributed by atoms with Crippen LogP contribution in [-0.2, 0) is 6.54 Å². The average molecular weight is 323 g/mol. The molecule has 0 aliphatic carbocycles. The molecule has 0 spiro atoms. The molecule has 0 atom stereocenters. The summed E-state index contributed by atoms with van der Waals surface area (Å²) in [6.45, 7) is 7.08. The van der Waals surface area contributed by atoms with Crippen LogP contribution in [0.25, 0.3) is 6.08 Å². The molecule has 0 bridgehead atoms. The summed E-state index contributed by atoms with van der Waals surface area (Å²) in [4.78, 5) is 14.8. The number of carbonyl (C=O) groups excluding carboxylic acids is 1. The Kier molecular flexibility index (Phi) is 5.14. The zero-order chi connectivity index (χ0) is 16.9. The molecule has 1 aliphatic heterocycles. The van der Waals surface area contributed by atoms with Gasteiger partial charge >= 0.3 is 0 Å². The summed E-state index contributed by atoms with van der Waals surface area (Å²) in [7, 11) is 0. The molecular formula is C20H25N3O. The highest BCUT2D eigenvalue weighted by Crippen LogP contribution is 2.20. The SMILES string of the molecule is CCn1cc(/C=C/C(=O)c2ccc(N3CCCCC3)cc2)c(C)n1. The number of allylic oxidation sites excluding steroid dienone is 1. The van der Waals surface area contributed by atoms with Gasteiger partial charge in [-0.05, 0) is 69.5 Å². The molecule has 1 aliphatic rings. The van der Waals surface area contributed by atoms with Gasteiger partial charge < -0.3 is 4.90 Å². The fourth-order valence-electron chi connectivity index (χ4n) is 3.11. The maximum absolute atomic E-state index is 12.4. The lowest BCUT2D eigenvalue weighted by molar-refractivity contribution is 0.104. The van der Waals surface area contributed by atoms with Crippen LogP contribution in [0.3, 0.4) is 0 Å². The standard InChI is InChI=1S/C20H25N3O/c1-3-23-15-18(16(2)21-23)9-12-20(24)17-7-10-19(11-8-17)22-13-5-4-6-14-22/h7-12,15H,3-6,13-14H2,1-2H3/b12-9+. The second kappa shape index (κ2) is 7.47. The summed E-state index contributed by atoms with van der Waals surface area (Å²) >= 11 is 0. The maximum Gasteiger partial charge on any atom is 0.185 e. The predicted octanol–water partition coefficient (Wildman–Crippen LogP) is 4.10. The molecule has 2 heterocycles. The van der Waals surface area contributed by atoms with Gasteiger partial charge in [-0.1, -0.05) is 0 Å². The summed E-state index contributed by atoms with van der Waals surface area (Å²) in [5.41, 5.74) is 3.89. The van der Waals surface area contributed by atoms with Crippen LogP contribution in [0.2, 0.25) is 0 Å². The molecule has 0 N–H and O–H groups in total. The van der Waals surface area contributed by atoms with Crippen LogP contribution in [-0.4, -0.2) is 28.7 Å². The lowest BCUT2D eigenvalue weighted by Gasteiger charge is -2.28. The van der Waals surface area contributed by atoms with Crippen LogP contribution in [0.1, 0.15) is 47.8 Å². The summed E-state index contributed by atoms with van der Waals surface area (Å²) in [6.07, 6.45) is 9.31. The van der Waals surface area contributed by atoms with Gasteiger partial charge in [-0.3, -0.25) is 9.48 Å². The molecule has 24 heavy (non-hydrogen) atoms. The number of rotatable bonds is 5. The first-order valence-corrected chi connectivity index (χ1v) is 8.79. The summed E-state index contributed by atoms with van der Waals surface area (Å²) < 4.78 is 1.88. The molecule has 2 aromatic rings. The summed E-state index contributed by atoms with van der Waals surface area (Å²) in [5.74, 6) is 0.0313. The van der Waals surface area contributed by atoms with E-state index in [1.54, 1.807) is 6.08 Å². The Bertz CT molecular complexity index is 722. The van der Waals surface area contributed by atoms with Gasteiger partial charge in [0.05, 0.1) is 5.69 Å². The van der Waals surface area contributed by atoms with E-state index in [9.17, 15) is 4.79 Å². The normalized spacial score (nSPS) is 15.2. The van der Waals surface area contributed by atoms with Gasteiger partial charge in [-0.25, -0.2) is 0 Å². The minimum absolute atomic E-state index is 0.0313. The molecule has 1 aromatic heterocycles. The van der Waals surface area contributed by atoms with E-state index in [2.05, 4.69) is 29.1 Å². The molecule has 0 saturated carbocycles. The average Bonchev–Trinajstić information content (AvgIpc) is 3.00. The Labute approximate surface area is 143 Å². The lowest BCUT2D eigenvalue weighted by Crippen LogP contribution is -2.29. The van der Waals surface area contributed by atoms with Gasteiger partial charge in [-0.2, -0.15) is 5.10 Å². The second-order valence-electron chi connectivity index (χ2n) is 6.32. The number of aryl methyl sites for hydroxylation is 2. The topological polar surface area (TPSA) is 38.1 Å². The number of aromatic nitrogens is 2. The van der Waals surface area contributed by atoms with Crippen LogP contribution in [0.15, 0.2) is 36.5 Å². The summed E-state index contributed by atoms with van der Waals surface area (Å²) in [6, 6.07) is 7.98. The Morgan fingerprint density at radius 2 is 1.88 bits per heavy atom. The van der Waals surface area contributed by atoms with E-state index in [4.69, 9.17) is 0 Å². The minimum Gasteiger partial charge on any atom is -0.372 e. The Hall–Kier alpha value is -2.36. The van der Waals surface area contributed by atoms with Crippen LogP contribution in [0.4, 0.5) is 5.69 Å². The summed E-state index contributed by atoms with van der Waals surface area (Å²) in [5, 5.41) is 4.39. The molecular weight excluding hydrogens is 298 g/mol. The third-order valence-corrected chi connectivity index (χ3v) is 4.60. The van der Waals surface area contributed by atoms with Crippen molar-refractivity contribution in [3.8, 4) is 0 Å². The van der Waals surface area contributed by atoms with E-state index in [0.29, 0.717) is 0 Å². The van der Waals surface area contributed by atoms with Crippen molar-refractivity contribution in [2.24, 2.45) is 0 Å². The van der Waals surface area contributed by atoms with Gasteiger partial charge in [0.25, 0.3) is 0 Å².